The third-order valence-corrected chi connectivity index (χ3v) is 6.25. The first-order valence-electron chi connectivity index (χ1n) is 11.7. The number of nitrogen functional groups attached to an aromatic ring is 1. The second-order valence-electron chi connectivity index (χ2n) is 8.60. The lowest BCUT2D eigenvalue weighted by Gasteiger charge is -2.11. The highest BCUT2D eigenvalue weighted by atomic mass is 16.5. The van der Waals surface area contributed by atoms with Gasteiger partial charge in [0.25, 0.3) is 5.91 Å². The van der Waals surface area contributed by atoms with Gasteiger partial charge in [-0.15, -0.1) is 0 Å². The number of nitrogens with one attached hydrogen (secondary N) is 1. The molecule has 2 aromatic heterocycles. The van der Waals surface area contributed by atoms with E-state index in [1.165, 1.54) is 5.56 Å². The molecule has 0 spiro atoms. The molecule has 170 valence electrons. The lowest BCUT2D eigenvalue weighted by molar-refractivity contribution is 0.0859. The van der Waals surface area contributed by atoms with Crippen LogP contribution in [0.15, 0.2) is 48.5 Å². The quantitative estimate of drug-likeness (QED) is 0.441. The van der Waals surface area contributed by atoms with Crippen LogP contribution in [-0.4, -0.2) is 39.7 Å². The normalized spacial score (nSPS) is 16.0. The summed E-state index contributed by atoms with van der Waals surface area (Å²) in [7, 11) is 0. The number of fused-ring (bicyclic) bond motifs is 2. The Morgan fingerprint density at radius 1 is 1.15 bits per heavy atom. The van der Waals surface area contributed by atoms with Gasteiger partial charge in [-0.25, -0.2) is 9.97 Å². The Hall–Kier alpha value is -3.45. The molecular weight excluding hydrogens is 414 g/mol. The number of rotatable bonds is 7. The molecule has 1 atom stereocenters. The summed E-state index contributed by atoms with van der Waals surface area (Å²) in [4.78, 5) is 22.9. The summed E-state index contributed by atoms with van der Waals surface area (Å²) < 4.78 is 7.48. The topological polar surface area (TPSA) is 95.1 Å². The van der Waals surface area contributed by atoms with E-state index in [0.29, 0.717) is 29.1 Å². The molecule has 7 nitrogen and oxygen atoms in total. The monoisotopic (exact) mass is 443 g/mol. The molecule has 3 N–H and O–H groups in total. The van der Waals surface area contributed by atoms with Crippen molar-refractivity contribution in [3.8, 4) is 5.69 Å². The summed E-state index contributed by atoms with van der Waals surface area (Å²) in [5.41, 5.74) is 11.7. The molecule has 1 aliphatic rings. The highest BCUT2D eigenvalue weighted by Gasteiger charge is 2.26. The zero-order valence-electron chi connectivity index (χ0n) is 18.9. The van der Waals surface area contributed by atoms with Crippen LogP contribution in [0.3, 0.4) is 0 Å². The predicted molar refractivity (Wildman–Crippen MR) is 131 cm³/mol. The fraction of sp³-hybridized carbons (Fsp3) is 0.346. The number of aromatic nitrogens is 3. The SMILES string of the molecule is CCCCc1ccc(-n2c(N)c(C(=O)NCC3CCCO3)c3nc4ccccc4nc32)cc1. The number of ether oxygens (including phenoxy) is 1. The number of nitrogens with zero attached hydrogens (tertiary/aromatic N) is 3. The summed E-state index contributed by atoms with van der Waals surface area (Å²) in [6.45, 7) is 3.39. The highest BCUT2D eigenvalue weighted by Crippen LogP contribution is 2.31. The number of para-hydroxylation sites is 2. The smallest absolute Gasteiger partial charge is 0.257 e. The summed E-state index contributed by atoms with van der Waals surface area (Å²) in [6, 6.07) is 15.9. The maximum Gasteiger partial charge on any atom is 0.257 e. The third kappa shape index (κ3) is 4.16. The number of unbranched alkanes of at least 4 members (excludes halogenated alkanes) is 1. The maximum absolute atomic E-state index is 13.3. The minimum Gasteiger partial charge on any atom is -0.384 e. The Balaban J connectivity index is 1.59. The van der Waals surface area contributed by atoms with Crippen molar-refractivity contribution in [2.24, 2.45) is 0 Å². The van der Waals surface area contributed by atoms with Crippen molar-refractivity contribution < 1.29 is 9.53 Å². The summed E-state index contributed by atoms with van der Waals surface area (Å²) in [5, 5.41) is 2.99. The maximum atomic E-state index is 13.3. The Kier molecular flexibility index (Phi) is 5.96. The standard InChI is InChI=1S/C26H29N5O2/c1-2-3-7-17-11-13-18(14-12-17)31-24(27)22(26(32)28-16-19-8-6-15-33-19)23-25(31)30-21-10-5-4-9-20(21)29-23/h4-5,9-14,19H,2-3,6-8,15-16,27H2,1H3,(H,28,32). The summed E-state index contributed by atoms with van der Waals surface area (Å²) >= 11 is 0. The molecule has 0 bridgehead atoms. The van der Waals surface area contributed by atoms with E-state index in [1.807, 2.05) is 41.0 Å². The van der Waals surface area contributed by atoms with Gasteiger partial charge >= 0.3 is 0 Å². The number of hydrogen-bond acceptors (Lipinski definition) is 5. The molecule has 4 aromatic rings. The molecule has 1 unspecified atom stereocenters. The van der Waals surface area contributed by atoms with Gasteiger partial charge in [0.05, 0.1) is 17.1 Å². The van der Waals surface area contributed by atoms with E-state index in [4.69, 9.17) is 20.4 Å². The van der Waals surface area contributed by atoms with Gasteiger partial charge in [0.1, 0.15) is 16.9 Å². The van der Waals surface area contributed by atoms with Crippen LogP contribution in [0.4, 0.5) is 5.82 Å². The molecule has 1 saturated heterocycles. The first-order valence-corrected chi connectivity index (χ1v) is 11.7. The van der Waals surface area contributed by atoms with Gasteiger partial charge in [-0.2, -0.15) is 0 Å². The zero-order valence-corrected chi connectivity index (χ0v) is 18.9. The molecule has 3 heterocycles. The second-order valence-corrected chi connectivity index (χ2v) is 8.60. The fourth-order valence-electron chi connectivity index (χ4n) is 4.44. The molecule has 1 aliphatic heterocycles. The summed E-state index contributed by atoms with van der Waals surface area (Å²) in [6.07, 6.45) is 5.37. The van der Waals surface area contributed by atoms with Crippen LogP contribution < -0.4 is 11.1 Å². The largest absolute Gasteiger partial charge is 0.384 e. The first-order chi connectivity index (χ1) is 16.2. The molecule has 0 aliphatic carbocycles. The lowest BCUT2D eigenvalue weighted by atomic mass is 10.1. The van der Waals surface area contributed by atoms with E-state index in [2.05, 4.69) is 24.4 Å². The number of anilines is 1. The van der Waals surface area contributed by atoms with Crippen LogP contribution in [0.5, 0.6) is 0 Å². The molecule has 1 fully saturated rings. The molecule has 2 aromatic carbocycles. The van der Waals surface area contributed by atoms with Crippen LogP contribution in [-0.2, 0) is 11.2 Å². The summed E-state index contributed by atoms with van der Waals surface area (Å²) in [5.74, 6) is 0.0855. The van der Waals surface area contributed by atoms with Gasteiger partial charge in [-0.05, 0) is 55.5 Å². The number of amides is 1. The van der Waals surface area contributed by atoms with Gasteiger partial charge < -0.3 is 15.8 Å². The van der Waals surface area contributed by atoms with Crippen LogP contribution in [0, 0.1) is 0 Å². The van der Waals surface area contributed by atoms with Gasteiger partial charge in [-0.3, -0.25) is 9.36 Å². The number of aryl methyl sites for hydroxylation is 1. The highest BCUT2D eigenvalue weighted by molar-refractivity contribution is 6.11. The molecule has 33 heavy (non-hydrogen) atoms. The number of nitrogens with two attached hydrogens (primary N) is 1. The minimum atomic E-state index is -0.254. The van der Waals surface area contributed by atoms with Gasteiger partial charge in [0.15, 0.2) is 5.65 Å². The Labute approximate surface area is 193 Å². The van der Waals surface area contributed by atoms with Crippen LogP contribution in [0.25, 0.3) is 27.9 Å². The van der Waals surface area contributed by atoms with Crippen molar-refractivity contribution in [2.45, 2.75) is 45.1 Å². The zero-order chi connectivity index (χ0) is 22.8. The van der Waals surface area contributed by atoms with E-state index >= 15 is 0 Å². The van der Waals surface area contributed by atoms with Crippen molar-refractivity contribution in [3.05, 3.63) is 59.7 Å². The van der Waals surface area contributed by atoms with Crippen LogP contribution in [0.1, 0.15) is 48.5 Å². The molecule has 1 amide bonds. The van der Waals surface area contributed by atoms with Crippen molar-refractivity contribution in [3.63, 3.8) is 0 Å². The number of hydrogen-bond donors (Lipinski definition) is 2. The minimum absolute atomic E-state index is 0.0473. The Bertz CT molecular complexity index is 1290. The predicted octanol–water partition coefficient (Wildman–Crippen LogP) is 4.41. The number of benzene rings is 2. The number of carbonyl (C=O) groups excluding carboxylic acids is 1. The average Bonchev–Trinajstić information content (AvgIpc) is 3.45. The third-order valence-electron chi connectivity index (χ3n) is 6.25. The van der Waals surface area contributed by atoms with Crippen molar-refractivity contribution in [1.82, 2.24) is 19.9 Å². The van der Waals surface area contributed by atoms with E-state index < -0.39 is 0 Å². The van der Waals surface area contributed by atoms with Gasteiger partial charge in [-0.1, -0.05) is 37.6 Å². The molecule has 0 radical (unpaired) electrons. The van der Waals surface area contributed by atoms with Gasteiger partial charge in [0.2, 0.25) is 0 Å². The second kappa shape index (κ2) is 9.19. The van der Waals surface area contributed by atoms with Crippen molar-refractivity contribution in [1.29, 1.82) is 0 Å². The molecule has 5 rings (SSSR count). The Morgan fingerprint density at radius 2 is 1.91 bits per heavy atom. The molecule has 0 saturated carbocycles. The lowest BCUT2D eigenvalue weighted by Crippen LogP contribution is -2.32. The Morgan fingerprint density at radius 3 is 2.61 bits per heavy atom. The van der Waals surface area contributed by atoms with Crippen LogP contribution in [0.2, 0.25) is 0 Å². The fourth-order valence-corrected chi connectivity index (χ4v) is 4.44. The van der Waals surface area contributed by atoms with Crippen LogP contribution >= 0.6 is 0 Å². The van der Waals surface area contributed by atoms with Gasteiger partial charge in [0, 0.05) is 18.8 Å². The van der Waals surface area contributed by atoms with Crippen molar-refractivity contribution >= 4 is 33.9 Å². The average molecular weight is 444 g/mol. The molecule has 7 heteroatoms. The molecular formula is C26H29N5O2. The van der Waals surface area contributed by atoms with E-state index in [1.54, 1.807) is 0 Å². The van der Waals surface area contributed by atoms with E-state index in [0.717, 1.165) is 55.4 Å². The van der Waals surface area contributed by atoms with E-state index in [-0.39, 0.29) is 12.0 Å². The first kappa shape index (κ1) is 21.4. The van der Waals surface area contributed by atoms with E-state index in [9.17, 15) is 4.79 Å². The number of carbonyl (C=O) groups is 1. The van der Waals surface area contributed by atoms with Crippen molar-refractivity contribution in [2.75, 3.05) is 18.9 Å².